The lowest BCUT2D eigenvalue weighted by Gasteiger charge is -2.19. The van der Waals surface area contributed by atoms with Gasteiger partial charge in [-0.1, -0.05) is 92.7 Å². The number of rotatable bonds is 8. The number of benzene rings is 3. The van der Waals surface area contributed by atoms with Crippen molar-refractivity contribution in [2.75, 3.05) is 5.75 Å². The maximum atomic E-state index is 12.5. The van der Waals surface area contributed by atoms with Crippen molar-refractivity contribution in [3.05, 3.63) is 99.1 Å². The Balaban J connectivity index is 1.50. The van der Waals surface area contributed by atoms with Crippen LogP contribution in [0, 0.1) is 10.1 Å². The molecule has 4 rings (SSSR count). The summed E-state index contributed by atoms with van der Waals surface area (Å²) in [4.78, 5) is 22.9. The third-order valence-corrected chi connectivity index (χ3v) is 6.81. The fraction of sp³-hybridized carbons (Fsp3) is 0.185. The number of hydrogen-bond donors (Lipinski definition) is 1. The molecule has 1 heterocycles. The van der Waals surface area contributed by atoms with Gasteiger partial charge in [-0.05, 0) is 29.2 Å². The molecule has 0 saturated carbocycles. The molecule has 9 nitrogen and oxygen atoms in total. The van der Waals surface area contributed by atoms with Crippen LogP contribution in [0.4, 0.5) is 5.69 Å². The number of nitrogens with zero attached hydrogens (tertiary/aromatic N) is 5. The van der Waals surface area contributed by atoms with Crippen LogP contribution in [0.3, 0.4) is 0 Å². The number of amides is 1. The van der Waals surface area contributed by atoms with Gasteiger partial charge in [0, 0.05) is 22.9 Å². The number of nitrogens with one attached hydrogen (secondary N) is 1. The number of thioether (sulfide) groups is 1. The average Bonchev–Trinajstić information content (AvgIpc) is 3.32. The van der Waals surface area contributed by atoms with Gasteiger partial charge >= 0.3 is 0 Å². The van der Waals surface area contributed by atoms with Gasteiger partial charge < -0.3 is 0 Å². The second-order valence-corrected chi connectivity index (χ2v) is 10.7. The minimum absolute atomic E-state index is 0.0274. The molecule has 3 aromatic carbocycles. The van der Waals surface area contributed by atoms with Gasteiger partial charge in [0.05, 0.1) is 16.9 Å². The summed E-state index contributed by atoms with van der Waals surface area (Å²) in [6.07, 6.45) is 1.32. The molecule has 0 aliphatic heterocycles. The van der Waals surface area contributed by atoms with Gasteiger partial charge in [0.15, 0.2) is 11.0 Å². The lowest BCUT2D eigenvalue weighted by molar-refractivity contribution is -0.384. The number of aromatic nitrogens is 3. The number of hydrogen-bond acceptors (Lipinski definition) is 7. The third-order valence-electron chi connectivity index (χ3n) is 5.56. The van der Waals surface area contributed by atoms with E-state index >= 15 is 0 Å². The molecule has 0 atom stereocenters. The van der Waals surface area contributed by atoms with Gasteiger partial charge in [0.25, 0.3) is 11.6 Å². The summed E-state index contributed by atoms with van der Waals surface area (Å²) in [5.41, 5.74) is 5.66. The molecule has 0 fully saturated rings. The fourth-order valence-electron chi connectivity index (χ4n) is 3.57. The molecule has 0 aliphatic carbocycles. The molecule has 1 aromatic heterocycles. The predicted octanol–water partition coefficient (Wildman–Crippen LogP) is 6.04. The molecule has 0 spiro atoms. The number of hydrazone groups is 1. The summed E-state index contributed by atoms with van der Waals surface area (Å²) in [5.74, 6) is 0.335. The Labute approximate surface area is 229 Å². The van der Waals surface area contributed by atoms with Crippen molar-refractivity contribution in [3.63, 3.8) is 0 Å². The molecule has 0 unspecified atom stereocenters. The van der Waals surface area contributed by atoms with E-state index < -0.39 is 4.92 Å². The molecule has 0 saturated heterocycles. The van der Waals surface area contributed by atoms with E-state index in [9.17, 15) is 14.9 Å². The van der Waals surface area contributed by atoms with Gasteiger partial charge in [-0.15, -0.1) is 10.2 Å². The molecular formula is C27H25ClN6O3S. The SMILES string of the molecule is CC(C)(C)c1ccc(-c2nnc(SCC(=O)N/N=C/c3ccc(Cl)c([N+](=O)[O-])c3)n2-c2ccccc2)cc1. The molecule has 1 amide bonds. The Kier molecular flexibility index (Phi) is 8.23. The molecule has 11 heteroatoms. The zero-order valence-electron chi connectivity index (χ0n) is 21.0. The minimum Gasteiger partial charge on any atom is -0.272 e. The van der Waals surface area contributed by atoms with Gasteiger partial charge in [-0.2, -0.15) is 5.10 Å². The zero-order chi connectivity index (χ0) is 27.3. The standard InChI is InChI=1S/C27H25ClN6O3S/c1-27(2,3)20-12-10-19(11-13-20)25-31-32-26(33(25)21-7-5-4-6-8-21)38-17-24(35)30-29-16-18-9-14-22(28)23(15-18)34(36)37/h4-16H,17H2,1-3H3,(H,30,35)/b29-16+. The van der Waals surface area contributed by atoms with Crippen LogP contribution < -0.4 is 5.43 Å². The van der Waals surface area contributed by atoms with E-state index in [1.165, 1.54) is 35.7 Å². The largest absolute Gasteiger partial charge is 0.288 e. The summed E-state index contributed by atoms with van der Waals surface area (Å²) in [7, 11) is 0. The highest BCUT2D eigenvalue weighted by Gasteiger charge is 2.19. The second kappa shape index (κ2) is 11.6. The van der Waals surface area contributed by atoms with E-state index in [1.54, 1.807) is 6.07 Å². The summed E-state index contributed by atoms with van der Waals surface area (Å²) < 4.78 is 1.92. The molecule has 0 aliphatic rings. The van der Waals surface area contributed by atoms with Gasteiger partial charge in [0.2, 0.25) is 0 Å². The van der Waals surface area contributed by atoms with E-state index in [2.05, 4.69) is 53.6 Å². The summed E-state index contributed by atoms with van der Waals surface area (Å²) in [6.45, 7) is 6.49. The average molecular weight is 549 g/mol. The quantitative estimate of drug-likeness (QED) is 0.124. The predicted molar refractivity (Wildman–Crippen MR) is 150 cm³/mol. The van der Waals surface area contributed by atoms with Crippen LogP contribution in [0.2, 0.25) is 5.02 Å². The van der Waals surface area contributed by atoms with E-state index in [0.29, 0.717) is 16.5 Å². The monoisotopic (exact) mass is 548 g/mol. The summed E-state index contributed by atoms with van der Waals surface area (Å²) in [5, 5.41) is 24.3. The van der Waals surface area contributed by atoms with Crippen LogP contribution in [0.1, 0.15) is 31.9 Å². The van der Waals surface area contributed by atoms with Gasteiger partial charge in [-0.3, -0.25) is 19.5 Å². The minimum atomic E-state index is -0.578. The number of nitro benzene ring substituents is 1. The maximum absolute atomic E-state index is 12.5. The normalized spacial score (nSPS) is 11.6. The highest BCUT2D eigenvalue weighted by Crippen LogP contribution is 2.30. The Morgan fingerprint density at radius 1 is 1.11 bits per heavy atom. The lowest BCUT2D eigenvalue weighted by Crippen LogP contribution is -2.20. The number of carbonyl (C=O) groups excluding carboxylic acids is 1. The lowest BCUT2D eigenvalue weighted by atomic mass is 9.87. The van der Waals surface area contributed by atoms with Crippen LogP contribution in [-0.4, -0.2) is 37.6 Å². The zero-order valence-corrected chi connectivity index (χ0v) is 22.5. The van der Waals surface area contributed by atoms with Crippen molar-refractivity contribution < 1.29 is 9.72 Å². The number of carbonyl (C=O) groups is 1. The van der Waals surface area contributed by atoms with Crippen LogP contribution in [0.25, 0.3) is 17.1 Å². The van der Waals surface area contributed by atoms with Crippen molar-refractivity contribution in [3.8, 4) is 17.1 Å². The second-order valence-electron chi connectivity index (χ2n) is 9.35. The molecule has 0 bridgehead atoms. The van der Waals surface area contributed by atoms with Gasteiger partial charge in [0.1, 0.15) is 5.02 Å². The molecule has 38 heavy (non-hydrogen) atoms. The van der Waals surface area contributed by atoms with Gasteiger partial charge in [-0.25, -0.2) is 5.43 Å². The van der Waals surface area contributed by atoms with Crippen LogP contribution in [0.15, 0.2) is 83.1 Å². The van der Waals surface area contributed by atoms with Crippen LogP contribution in [0.5, 0.6) is 0 Å². The Morgan fingerprint density at radius 2 is 1.82 bits per heavy atom. The highest BCUT2D eigenvalue weighted by molar-refractivity contribution is 7.99. The van der Waals surface area contributed by atoms with Crippen molar-refractivity contribution >= 4 is 41.2 Å². The van der Waals surface area contributed by atoms with E-state index in [-0.39, 0.29) is 27.8 Å². The smallest absolute Gasteiger partial charge is 0.272 e. The first kappa shape index (κ1) is 27.0. The first-order valence-corrected chi connectivity index (χ1v) is 13.0. The fourth-order valence-corrected chi connectivity index (χ4v) is 4.50. The third kappa shape index (κ3) is 6.45. The first-order valence-electron chi connectivity index (χ1n) is 11.6. The number of halogens is 1. The van der Waals surface area contributed by atoms with Crippen molar-refractivity contribution in [2.45, 2.75) is 31.3 Å². The number of para-hydroxylation sites is 1. The maximum Gasteiger partial charge on any atom is 0.288 e. The molecule has 4 aromatic rings. The van der Waals surface area contributed by atoms with E-state index in [4.69, 9.17) is 11.6 Å². The summed E-state index contributed by atoms with van der Waals surface area (Å²) in [6, 6.07) is 22.2. The Hall–Kier alpha value is -4.02. The Bertz CT molecular complexity index is 1480. The molecular weight excluding hydrogens is 524 g/mol. The molecule has 194 valence electrons. The van der Waals surface area contributed by atoms with Crippen LogP contribution in [-0.2, 0) is 10.2 Å². The van der Waals surface area contributed by atoms with Crippen molar-refractivity contribution in [1.29, 1.82) is 0 Å². The van der Waals surface area contributed by atoms with Crippen LogP contribution >= 0.6 is 23.4 Å². The van der Waals surface area contributed by atoms with E-state index in [0.717, 1.165) is 11.3 Å². The van der Waals surface area contributed by atoms with Crippen molar-refractivity contribution in [2.24, 2.45) is 5.10 Å². The van der Waals surface area contributed by atoms with Crippen molar-refractivity contribution in [1.82, 2.24) is 20.2 Å². The topological polar surface area (TPSA) is 115 Å². The first-order chi connectivity index (χ1) is 18.1. The number of nitro groups is 1. The Morgan fingerprint density at radius 3 is 2.47 bits per heavy atom. The van der Waals surface area contributed by atoms with E-state index in [1.807, 2.05) is 47.0 Å². The highest BCUT2D eigenvalue weighted by atomic mass is 35.5. The summed E-state index contributed by atoms with van der Waals surface area (Å²) >= 11 is 7.05. The molecule has 0 radical (unpaired) electrons. The molecule has 1 N–H and O–H groups in total.